The van der Waals surface area contributed by atoms with Crippen LogP contribution in [-0.2, 0) is 150 Å². The molecule has 12 rings (SSSR count). The molecule has 0 radical (unpaired) electrons. The molecule has 43 nitrogen and oxygen atoms in total. The lowest BCUT2D eigenvalue weighted by atomic mass is 10.0. The summed E-state index contributed by atoms with van der Waals surface area (Å²) in [7, 11) is 9.78. The summed E-state index contributed by atoms with van der Waals surface area (Å²) >= 11 is 0. The van der Waals surface area contributed by atoms with Crippen molar-refractivity contribution in [2.24, 2.45) is 48.2 Å². The highest BCUT2D eigenvalue weighted by Gasteiger charge is 2.24. The van der Waals surface area contributed by atoms with Crippen molar-refractivity contribution in [2.45, 2.75) is 285 Å². The van der Waals surface area contributed by atoms with Gasteiger partial charge in [0.2, 0.25) is 0 Å². The van der Waals surface area contributed by atoms with E-state index in [0.717, 1.165) is 89.9 Å². The highest BCUT2D eigenvalue weighted by atomic mass is 16.5. The lowest BCUT2D eigenvalue weighted by molar-refractivity contribution is 0.0678. The molecule has 0 saturated carbocycles. The normalized spacial score (nSPS) is 11.6. The summed E-state index contributed by atoms with van der Waals surface area (Å²) in [6.45, 7) is 34.6. The number of rotatable bonds is 42. The van der Waals surface area contributed by atoms with Gasteiger partial charge in [0.15, 0.2) is 67.0 Å². The molecular formula is C86H136N24O19. The summed E-state index contributed by atoms with van der Waals surface area (Å²) in [6, 6.07) is 0. The SMILES string of the molecule is CCCCCCn1c(=O)c2c(ncn2COCC)n(C)c1=O.CCCCCn1c(=O)c2c(ncn2COCC)n(C)c1=O.CCCCn1c(=O)c2c(ncn2COCC)n(C)c1=O.CCCn1c(=O)c2c(ncn2COCC)n(C)c1=O.CCOCn1cnc2c1c(=O)n(CCCCC(C)(C)O)c(=O)n2C.CCOCn1cnc2c1c(=O)n(CCCCC(C)C)c(=O)n2C. The fourth-order valence-corrected chi connectivity index (χ4v) is 14.2. The molecule has 0 atom stereocenters. The summed E-state index contributed by atoms with van der Waals surface area (Å²) < 4.78 is 58.0. The van der Waals surface area contributed by atoms with Gasteiger partial charge in [-0.25, -0.2) is 58.7 Å². The van der Waals surface area contributed by atoms with Crippen LogP contribution in [0.5, 0.6) is 0 Å². The maximum atomic E-state index is 12.7. The maximum absolute atomic E-state index is 12.7. The van der Waals surface area contributed by atoms with Crippen molar-refractivity contribution >= 4 is 67.0 Å². The lowest BCUT2D eigenvalue weighted by Crippen LogP contribution is -2.39. The van der Waals surface area contributed by atoms with E-state index in [0.29, 0.717) is 165 Å². The quantitative estimate of drug-likeness (QED) is 0.0423. The Kier molecular flexibility index (Phi) is 41.0. The molecular weight excluding hydrogens is 1670 g/mol. The van der Waals surface area contributed by atoms with Gasteiger partial charge in [-0.1, -0.05) is 92.9 Å². The van der Waals surface area contributed by atoms with Gasteiger partial charge in [-0.15, -0.1) is 0 Å². The van der Waals surface area contributed by atoms with Crippen molar-refractivity contribution < 1.29 is 33.5 Å². The minimum Gasteiger partial charge on any atom is -0.390 e. The Morgan fingerprint density at radius 2 is 0.481 bits per heavy atom. The molecule has 129 heavy (non-hydrogen) atoms. The molecule has 12 aromatic heterocycles. The molecule has 0 aliphatic carbocycles. The van der Waals surface area contributed by atoms with Gasteiger partial charge in [-0.2, -0.15) is 0 Å². The van der Waals surface area contributed by atoms with E-state index in [1.54, 1.807) is 96.2 Å². The largest absolute Gasteiger partial charge is 0.390 e. The van der Waals surface area contributed by atoms with Gasteiger partial charge in [-0.05, 0) is 113 Å². The predicted molar refractivity (Wildman–Crippen MR) is 493 cm³/mol. The van der Waals surface area contributed by atoms with Crippen LogP contribution in [-0.4, -0.2) is 162 Å². The predicted octanol–water partition coefficient (Wildman–Crippen LogP) is 6.09. The zero-order chi connectivity index (χ0) is 95.1. The third-order valence-electron chi connectivity index (χ3n) is 21.5. The van der Waals surface area contributed by atoms with Crippen LogP contribution in [0, 0.1) is 5.92 Å². The van der Waals surface area contributed by atoms with Gasteiger partial charge < -0.3 is 60.9 Å². The summed E-state index contributed by atoms with van der Waals surface area (Å²) in [6.07, 6.45) is 23.5. The molecule has 0 aliphatic rings. The van der Waals surface area contributed by atoms with Crippen LogP contribution in [0.25, 0.3) is 67.0 Å². The standard InChI is InChI=1S/C16H26N4O4.C16H26N4O3.C15H24N4O3.C14H22N4O3.C13H20N4O3.C12H18N4O3/c1-5-24-11-19-10-17-13-12(19)14(21)20(15(22)18(13)4)9-7-6-8-16(2,3)23;1-5-23-11-19-10-17-14-13(19)15(21)20(16(22)18(14)4)9-7-6-8-12(2)3;1-4-6-7-8-9-19-14(20)12-13(17(3)15(19)21)16-10-18(12)11-22-5-2;1-4-6-7-8-18-13(19)11-12(16(3)14(18)20)15-9-17(11)10-21-5-2;1-4-6-7-17-12(18)10-11(15(3)13(17)19)14-8-16(10)9-20-5-2;1-4-6-16-11(17)9-10(14(3)12(16)18)13-7-15(9)8-19-5-2/h10,23H,5-9,11H2,1-4H3;10,12H,5-9,11H2,1-4H3;10H,4-9,11H2,1-3H3;9H,4-8,10H2,1-3H3;8H,4-7,9H2,1-3H3;7H,4-6,8H2,1-3H3. The molecule has 12 heterocycles. The third-order valence-corrected chi connectivity index (χ3v) is 21.5. The molecule has 0 saturated heterocycles. The van der Waals surface area contributed by atoms with Crippen LogP contribution in [0.2, 0.25) is 0 Å². The highest BCUT2D eigenvalue weighted by Crippen LogP contribution is 2.16. The van der Waals surface area contributed by atoms with Crippen LogP contribution in [0.4, 0.5) is 0 Å². The lowest BCUT2D eigenvalue weighted by Gasteiger charge is -2.16. The van der Waals surface area contributed by atoms with Gasteiger partial charge in [0.05, 0.1) is 43.6 Å². The number of unbranched alkanes of at least 4 members (excludes halogenated alkanes) is 8. The number of aryl methyl sites for hydroxylation is 6. The minimum absolute atomic E-state index is 0.221. The molecule has 0 aromatic carbocycles. The van der Waals surface area contributed by atoms with Gasteiger partial charge in [0.25, 0.3) is 33.4 Å². The summed E-state index contributed by atoms with van der Waals surface area (Å²) in [5.41, 5.74) is 0.270. The van der Waals surface area contributed by atoms with Crippen LogP contribution in [0.15, 0.2) is 95.5 Å². The first kappa shape index (κ1) is 105. The fourth-order valence-electron chi connectivity index (χ4n) is 14.2. The number of nitrogens with zero attached hydrogens (tertiary/aromatic N) is 24. The van der Waals surface area contributed by atoms with Gasteiger partial charge in [0.1, 0.15) is 40.4 Å². The molecule has 0 unspecified atom stereocenters. The average Bonchev–Trinajstić information content (AvgIpc) is 1.69. The number of hydrogen-bond acceptors (Lipinski definition) is 25. The zero-order valence-electron chi connectivity index (χ0n) is 79.1. The average molecular weight is 1810 g/mol. The van der Waals surface area contributed by atoms with Crippen LogP contribution in [0.3, 0.4) is 0 Å². The molecule has 12 aromatic rings. The maximum Gasteiger partial charge on any atom is 0.332 e. The van der Waals surface area contributed by atoms with Crippen molar-refractivity contribution in [1.82, 2.24) is 112 Å². The second kappa shape index (κ2) is 50.5. The van der Waals surface area contributed by atoms with Crippen LogP contribution < -0.4 is 67.5 Å². The van der Waals surface area contributed by atoms with E-state index in [4.69, 9.17) is 28.4 Å². The Hall–Kier alpha value is -11.4. The third kappa shape index (κ3) is 25.8. The second-order valence-electron chi connectivity index (χ2n) is 32.1. The number of fused-ring (bicyclic) bond motifs is 6. The zero-order valence-corrected chi connectivity index (χ0v) is 79.1. The number of hydrogen-bond donors (Lipinski definition) is 1. The smallest absolute Gasteiger partial charge is 0.332 e. The topological polar surface area (TPSA) is 447 Å². The molecule has 714 valence electrons. The molecule has 0 fully saturated rings. The van der Waals surface area contributed by atoms with Crippen molar-refractivity contribution in [2.75, 3.05) is 39.6 Å². The van der Waals surface area contributed by atoms with Crippen LogP contribution >= 0.6 is 0 Å². The summed E-state index contributed by atoms with van der Waals surface area (Å²) in [5, 5.41) is 9.74. The number of ether oxygens (including phenoxy) is 6. The summed E-state index contributed by atoms with van der Waals surface area (Å²) in [5.74, 6) is 0.629. The van der Waals surface area contributed by atoms with E-state index in [2.05, 4.69) is 57.6 Å². The first-order chi connectivity index (χ1) is 61.7. The Morgan fingerprint density at radius 1 is 0.279 bits per heavy atom. The minimum atomic E-state index is -0.740. The Bertz CT molecular complexity index is 6440. The fraction of sp³-hybridized carbons (Fsp3) is 0.651. The van der Waals surface area contributed by atoms with E-state index in [1.807, 2.05) is 55.4 Å². The van der Waals surface area contributed by atoms with E-state index >= 15 is 0 Å². The molecule has 0 amide bonds. The molecule has 43 heteroatoms. The van der Waals surface area contributed by atoms with Gasteiger partial charge >= 0.3 is 34.1 Å². The van der Waals surface area contributed by atoms with Crippen molar-refractivity contribution in [1.29, 1.82) is 0 Å². The molecule has 0 spiro atoms. The Labute approximate surface area is 745 Å². The number of aliphatic hydroxyl groups is 1. The second-order valence-corrected chi connectivity index (χ2v) is 32.1. The summed E-state index contributed by atoms with van der Waals surface area (Å²) in [4.78, 5) is 174. The Balaban J connectivity index is 0.000000212. The van der Waals surface area contributed by atoms with E-state index < -0.39 is 5.60 Å². The number of imidazole rings is 6. The van der Waals surface area contributed by atoms with Crippen molar-refractivity contribution in [3.05, 3.63) is 163 Å². The van der Waals surface area contributed by atoms with Crippen molar-refractivity contribution in [3.63, 3.8) is 0 Å². The molecule has 0 bridgehead atoms. The number of aromatic nitrogens is 24. The van der Waals surface area contributed by atoms with Gasteiger partial charge in [-0.3, -0.25) is 83.6 Å². The van der Waals surface area contributed by atoms with E-state index in [1.165, 1.54) is 80.1 Å². The van der Waals surface area contributed by atoms with Crippen LogP contribution in [0.1, 0.15) is 200 Å². The first-order valence-electron chi connectivity index (χ1n) is 44.8. The van der Waals surface area contributed by atoms with Gasteiger partial charge in [0, 0.05) is 121 Å². The first-order valence-corrected chi connectivity index (χ1v) is 44.8. The highest BCUT2D eigenvalue weighted by molar-refractivity contribution is 5.73. The van der Waals surface area contributed by atoms with E-state index in [9.17, 15) is 62.6 Å². The van der Waals surface area contributed by atoms with Crippen molar-refractivity contribution in [3.8, 4) is 0 Å². The monoisotopic (exact) mass is 1810 g/mol. The molecule has 1 N–H and O–H groups in total. The molecule has 0 aliphatic heterocycles. The Morgan fingerprint density at radius 3 is 0.690 bits per heavy atom. The van der Waals surface area contributed by atoms with E-state index in [-0.39, 0.29) is 108 Å².